The number of ether oxygens (including phenoxy) is 1. The van der Waals surface area contributed by atoms with E-state index in [9.17, 15) is 18.0 Å². The second-order valence-corrected chi connectivity index (χ2v) is 9.21. The lowest BCUT2D eigenvalue weighted by atomic mass is 10.0. The first-order valence-corrected chi connectivity index (χ1v) is 11.2. The molecule has 31 heavy (non-hydrogen) atoms. The minimum absolute atomic E-state index is 0.0475. The molecule has 0 spiro atoms. The quantitative estimate of drug-likeness (QED) is 0.573. The summed E-state index contributed by atoms with van der Waals surface area (Å²) in [6.07, 6.45) is 1.50. The van der Waals surface area contributed by atoms with Crippen LogP contribution in [0.5, 0.6) is 0 Å². The number of aromatic nitrogens is 2. The van der Waals surface area contributed by atoms with Gasteiger partial charge in [0.25, 0.3) is 11.8 Å². The van der Waals surface area contributed by atoms with Crippen molar-refractivity contribution in [3.05, 3.63) is 59.4 Å². The number of imide groups is 1. The predicted molar refractivity (Wildman–Crippen MR) is 111 cm³/mol. The normalized spacial score (nSPS) is 17.4. The van der Waals surface area contributed by atoms with Crippen molar-refractivity contribution >= 4 is 38.6 Å². The van der Waals surface area contributed by atoms with Crippen molar-refractivity contribution in [1.82, 2.24) is 14.3 Å². The van der Waals surface area contributed by atoms with Crippen LogP contribution < -0.4 is 4.90 Å². The Kier molecular flexibility index (Phi) is 4.58. The molecule has 0 unspecified atom stereocenters. The number of sulfonamides is 1. The van der Waals surface area contributed by atoms with Gasteiger partial charge in [-0.2, -0.15) is 4.31 Å². The Labute approximate surface area is 178 Å². The molecular weight excluding hydrogens is 420 g/mol. The number of benzene rings is 1. The number of hydrogen-bond donors (Lipinski definition) is 0. The smallest absolute Gasteiger partial charge is 0.269 e. The van der Waals surface area contributed by atoms with E-state index in [4.69, 9.17) is 4.74 Å². The molecule has 1 fully saturated rings. The molecule has 3 aromatic rings. The molecule has 9 nitrogen and oxygen atoms in total. The number of rotatable bonds is 3. The fraction of sp³-hybridized carbons (Fsp3) is 0.238. The van der Waals surface area contributed by atoms with Crippen molar-refractivity contribution in [2.45, 2.75) is 11.8 Å². The summed E-state index contributed by atoms with van der Waals surface area (Å²) in [5.41, 5.74) is 1.17. The van der Waals surface area contributed by atoms with Gasteiger partial charge in [-0.05, 0) is 37.3 Å². The molecule has 10 heteroatoms. The first-order valence-electron chi connectivity index (χ1n) is 9.71. The number of anilines is 1. The van der Waals surface area contributed by atoms with E-state index in [0.717, 1.165) is 4.90 Å². The summed E-state index contributed by atoms with van der Waals surface area (Å²) >= 11 is 0. The van der Waals surface area contributed by atoms with E-state index in [1.54, 1.807) is 31.2 Å². The highest BCUT2D eigenvalue weighted by Gasteiger charge is 2.41. The van der Waals surface area contributed by atoms with Crippen LogP contribution in [0, 0.1) is 6.92 Å². The number of carbonyl (C=O) groups is 2. The van der Waals surface area contributed by atoms with Crippen LogP contribution in [0.1, 0.15) is 26.4 Å². The number of carbonyl (C=O) groups excluding carboxylic acids is 2. The van der Waals surface area contributed by atoms with Gasteiger partial charge in [-0.25, -0.2) is 18.3 Å². The Morgan fingerprint density at radius 1 is 1.00 bits per heavy atom. The molecule has 0 atom stereocenters. The highest BCUT2D eigenvalue weighted by molar-refractivity contribution is 7.89. The molecule has 0 N–H and O–H groups in total. The minimum Gasteiger partial charge on any atom is -0.379 e. The van der Waals surface area contributed by atoms with E-state index < -0.39 is 21.8 Å². The van der Waals surface area contributed by atoms with E-state index in [1.165, 1.54) is 22.6 Å². The van der Waals surface area contributed by atoms with Gasteiger partial charge in [0.05, 0.1) is 40.4 Å². The van der Waals surface area contributed by atoms with Crippen LogP contribution in [0.4, 0.5) is 5.82 Å². The first-order chi connectivity index (χ1) is 14.9. The zero-order valence-electron chi connectivity index (χ0n) is 16.6. The fourth-order valence-corrected chi connectivity index (χ4v) is 5.39. The maximum absolute atomic E-state index is 13.3. The standard InChI is InChI=1S/C21H18N4O5S/c1-13-18-19(21(27)25(20(18)26)17-4-2-3-7-22-17)15-12-14(5-6-16(15)23-13)31(28,29)24-8-10-30-11-9-24/h2-7,12H,8-11H2,1H3. The number of amides is 2. The summed E-state index contributed by atoms with van der Waals surface area (Å²) in [6.45, 7) is 2.83. The Bertz CT molecular complexity index is 1330. The zero-order valence-corrected chi connectivity index (χ0v) is 17.4. The van der Waals surface area contributed by atoms with Crippen LogP contribution in [0.15, 0.2) is 47.5 Å². The molecule has 4 heterocycles. The van der Waals surface area contributed by atoms with Crippen molar-refractivity contribution in [2.24, 2.45) is 0 Å². The van der Waals surface area contributed by atoms with Crippen LogP contribution >= 0.6 is 0 Å². The molecule has 2 aliphatic rings. The van der Waals surface area contributed by atoms with E-state index >= 15 is 0 Å². The number of fused-ring (bicyclic) bond motifs is 3. The van der Waals surface area contributed by atoms with E-state index in [1.807, 2.05) is 0 Å². The number of nitrogens with zero attached hydrogens (tertiary/aromatic N) is 4. The molecule has 5 rings (SSSR count). The van der Waals surface area contributed by atoms with E-state index in [2.05, 4.69) is 9.97 Å². The summed E-state index contributed by atoms with van der Waals surface area (Å²) in [4.78, 5) is 36.0. The SMILES string of the molecule is Cc1nc2ccc(S(=O)(=O)N3CCOCC3)cc2c2c1C(=O)N(c1ccccn1)C2=O. The van der Waals surface area contributed by atoms with Crippen molar-refractivity contribution in [3.8, 4) is 0 Å². The van der Waals surface area contributed by atoms with Gasteiger partial charge in [-0.1, -0.05) is 6.07 Å². The molecule has 158 valence electrons. The lowest BCUT2D eigenvalue weighted by molar-refractivity contribution is 0.0730. The summed E-state index contributed by atoms with van der Waals surface area (Å²) < 4.78 is 32.8. The lowest BCUT2D eigenvalue weighted by Crippen LogP contribution is -2.40. The number of morpholine rings is 1. The third kappa shape index (κ3) is 3.02. The molecular formula is C21H18N4O5S. The van der Waals surface area contributed by atoms with Crippen LogP contribution in [-0.2, 0) is 14.8 Å². The third-order valence-corrected chi connectivity index (χ3v) is 7.35. The fourth-order valence-electron chi connectivity index (χ4n) is 3.96. The Balaban J connectivity index is 1.68. The number of aryl methyl sites for hydroxylation is 1. The molecule has 0 radical (unpaired) electrons. The maximum Gasteiger partial charge on any atom is 0.269 e. The summed E-state index contributed by atoms with van der Waals surface area (Å²) in [6, 6.07) is 9.41. The van der Waals surface area contributed by atoms with Crippen molar-refractivity contribution in [3.63, 3.8) is 0 Å². The predicted octanol–water partition coefficient (Wildman–Crippen LogP) is 1.76. The maximum atomic E-state index is 13.3. The van der Waals surface area contributed by atoms with Crippen molar-refractivity contribution < 1.29 is 22.7 Å². The molecule has 0 bridgehead atoms. The lowest BCUT2D eigenvalue weighted by Gasteiger charge is -2.26. The highest BCUT2D eigenvalue weighted by Crippen LogP contribution is 2.34. The monoisotopic (exact) mass is 438 g/mol. The van der Waals surface area contributed by atoms with E-state index in [0.29, 0.717) is 29.8 Å². The van der Waals surface area contributed by atoms with Crippen LogP contribution in [0.25, 0.3) is 10.9 Å². The van der Waals surface area contributed by atoms with Crippen LogP contribution in [-0.4, -0.2) is 60.8 Å². The van der Waals surface area contributed by atoms with Gasteiger partial charge < -0.3 is 4.74 Å². The largest absolute Gasteiger partial charge is 0.379 e. The van der Waals surface area contributed by atoms with Crippen LogP contribution in [0.3, 0.4) is 0 Å². The average Bonchev–Trinajstić information content (AvgIpc) is 3.06. The minimum atomic E-state index is -3.77. The average molecular weight is 438 g/mol. The second kappa shape index (κ2) is 7.19. The molecule has 2 amide bonds. The molecule has 2 aromatic heterocycles. The molecule has 2 aliphatic heterocycles. The van der Waals surface area contributed by atoms with Gasteiger partial charge >= 0.3 is 0 Å². The summed E-state index contributed by atoms with van der Waals surface area (Å²) in [7, 11) is -3.77. The van der Waals surface area contributed by atoms with Crippen molar-refractivity contribution in [2.75, 3.05) is 31.2 Å². The summed E-state index contributed by atoms with van der Waals surface area (Å²) in [5.74, 6) is -0.861. The molecule has 1 saturated heterocycles. The number of pyridine rings is 2. The molecule has 1 aromatic carbocycles. The number of hydrogen-bond acceptors (Lipinski definition) is 7. The zero-order chi connectivity index (χ0) is 21.8. The van der Waals surface area contributed by atoms with Gasteiger partial charge in [0.15, 0.2) is 0 Å². The Morgan fingerprint density at radius 3 is 2.45 bits per heavy atom. The van der Waals surface area contributed by atoms with Gasteiger partial charge in [-0.3, -0.25) is 14.6 Å². The van der Waals surface area contributed by atoms with Crippen molar-refractivity contribution in [1.29, 1.82) is 0 Å². The second-order valence-electron chi connectivity index (χ2n) is 7.28. The van der Waals surface area contributed by atoms with Crippen LogP contribution in [0.2, 0.25) is 0 Å². The molecule has 0 saturated carbocycles. The highest BCUT2D eigenvalue weighted by atomic mass is 32.2. The van der Waals surface area contributed by atoms with Gasteiger partial charge in [0.2, 0.25) is 10.0 Å². The third-order valence-electron chi connectivity index (χ3n) is 5.46. The molecule has 0 aliphatic carbocycles. The van der Waals surface area contributed by atoms with Gasteiger partial charge in [-0.15, -0.1) is 0 Å². The van der Waals surface area contributed by atoms with Gasteiger partial charge in [0, 0.05) is 24.7 Å². The summed E-state index contributed by atoms with van der Waals surface area (Å²) in [5, 5.41) is 0.326. The first kappa shape index (κ1) is 19.7. The van der Waals surface area contributed by atoms with E-state index in [-0.39, 0.29) is 34.9 Å². The topological polar surface area (TPSA) is 110 Å². The van der Waals surface area contributed by atoms with Gasteiger partial charge in [0.1, 0.15) is 5.82 Å². The Hall–Kier alpha value is -3.21. The Morgan fingerprint density at radius 2 is 1.74 bits per heavy atom.